The normalized spacial score (nSPS) is 14.0. The molecule has 5 aromatic rings. The van der Waals surface area contributed by atoms with Crippen molar-refractivity contribution in [3.05, 3.63) is 118 Å². The van der Waals surface area contributed by atoms with E-state index in [9.17, 15) is 14.4 Å². The van der Waals surface area contributed by atoms with Crippen molar-refractivity contribution in [1.29, 1.82) is 0 Å². The summed E-state index contributed by atoms with van der Waals surface area (Å²) < 4.78 is 1.77. The minimum absolute atomic E-state index is 0.0917. The first-order valence-corrected chi connectivity index (χ1v) is 15.8. The highest BCUT2D eigenvalue weighted by Crippen LogP contribution is 2.28. The summed E-state index contributed by atoms with van der Waals surface area (Å²) in [4.78, 5) is 43.2. The third-order valence-electron chi connectivity index (χ3n) is 8.62. The molecular weight excluding hydrogens is 576 g/mol. The van der Waals surface area contributed by atoms with Gasteiger partial charge in [-0.3, -0.25) is 14.9 Å². The van der Waals surface area contributed by atoms with Crippen molar-refractivity contribution in [1.82, 2.24) is 19.7 Å². The van der Waals surface area contributed by atoms with Gasteiger partial charge in [0, 0.05) is 47.2 Å². The van der Waals surface area contributed by atoms with E-state index in [1.165, 1.54) is 11.6 Å². The van der Waals surface area contributed by atoms with Gasteiger partial charge in [0.15, 0.2) is 0 Å². The maximum absolute atomic E-state index is 13.3. The minimum atomic E-state index is -0.341. The van der Waals surface area contributed by atoms with E-state index in [1.54, 1.807) is 4.68 Å². The van der Waals surface area contributed by atoms with Crippen LogP contribution in [0.25, 0.3) is 16.6 Å². The summed E-state index contributed by atoms with van der Waals surface area (Å²) in [6, 6.07) is 26.4. The van der Waals surface area contributed by atoms with Crippen molar-refractivity contribution in [2.75, 3.05) is 23.7 Å². The molecule has 46 heavy (non-hydrogen) atoms. The summed E-state index contributed by atoms with van der Waals surface area (Å²) in [5, 5.41) is 11.5. The number of piperidine rings is 1. The Morgan fingerprint density at radius 2 is 1.61 bits per heavy atom. The molecule has 2 aromatic heterocycles. The number of urea groups is 1. The number of aryl methyl sites for hydroxylation is 1. The Labute approximate surface area is 268 Å². The Morgan fingerprint density at radius 3 is 2.30 bits per heavy atom. The fourth-order valence-electron chi connectivity index (χ4n) is 5.95. The topological polar surface area (TPSA) is 112 Å². The summed E-state index contributed by atoms with van der Waals surface area (Å²) in [5.74, 6) is 0.951. The monoisotopic (exact) mass is 616 g/mol. The Hall–Kier alpha value is -5.18. The number of pyridine rings is 1. The van der Waals surface area contributed by atoms with Crippen LogP contribution in [0.2, 0.25) is 0 Å². The number of rotatable bonds is 6. The summed E-state index contributed by atoms with van der Waals surface area (Å²) in [6.45, 7) is 9.63. The van der Waals surface area contributed by atoms with Gasteiger partial charge in [-0.1, -0.05) is 68.8 Å². The number of H-pyrrole nitrogens is 1. The minimum Gasteiger partial charge on any atom is -0.339 e. The van der Waals surface area contributed by atoms with Gasteiger partial charge in [-0.2, -0.15) is 5.10 Å². The molecule has 3 heterocycles. The van der Waals surface area contributed by atoms with Crippen molar-refractivity contribution in [3.63, 3.8) is 0 Å². The second kappa shape index (κ2) is 12.7. The summed E-state index contributed by atoms with van der Waals surface area (Å²) in [5.41, 5.74) is 5.47. The number of anilines is 2. The van der Waals surface area contributed by atoms with Gasteiger partial charge in [0.2, 0.25) is 5.56 Å². The van der Waals surface area contributed by atoms with Crippen LogP contribution in [-0.2, 0) is 11.8 Å². The average Bonchev–Trinajstić information content (AvgIpc) is 3.46. The van der Waals surface area contributed by atoms with E-state index in [4.69, 9.17) is 5.10 Å². The van der Waals surface area contributed by atoms with Gasteiger partial charge >= 0.3 is 6.03 Å². The van der Waals surface area contributed by atoms with E-state index in [0.29, 0.717) is 41.6 Å². The molecule has 1 fully saturated rings. The van der Waals surface area contributed by atoms with Crippen molar-refractivity contribution in [2.24, 2.45) is 5.92 Å². The van der Waals surface area contributed by atoms with Gasteiger partial charge in [-0.15, -0.1) is 0 Å². The number of hydrogen-bond donors (Lipinski definition) is 3. The molecule has 9 nitrogen and oxygen atoms in total. The zero-order valence-corrected chi connectivity index (χ0v) is 26.8. The third kappa shape index (κ3) is 6.88. The number of hydrogen-bond acceptors (Lipinski definition) is 4. The highest BCUT2D eigenvalue weighted by molar-refractivity contribution is 6.06. The quantitative estimate of drug-likeness (QED) is 0.190. The SMILES string of the molecule is Cc1ccc(-n2nc(C(C)(C)C)cc2NC(=O)Nc2ccc(CC3CCN(C(=O)c4cc(=O)[nH]c5ccccc45)CC3)cc2)cc1. The van der Waals surface area contributed by atoms with Crippen LogP contribution in [0, 0.1) is 12.8 Å². The maximum atomic E-state index is 13.3. The number of para-hydroxylation sites is 1. The molecule has 6 rings (SSSR count). The van der Waals surface area contributed by atoms with E-state index in [0.717, 1.165) is 41.6 Å². The molecule has 0 aliphatic carbocycles. The van der Waals surface area contributed by atoms with E-state index in [-0.39, 0.29) is 22.9 Å². The van der Waals surface area contributed by atoms with Crippen LogP contribution in [0.3, 0.4) is 0 Å². The van der Waals surface area contributed by atoms with Crippen LogP contribution >= 0.6 is 0 Å². The number of aromatic amines is 1. The smallest absolute Gasteiger partial charge is 0.324 e. The molecule has 3 amide bonds. The van der Waals surface area contributed by atoms with E-state index < -0.39 is 0 Å². The maximum Gasteiger partial charge on any atom is 0.324 e. The number of fused-ring (bicyclic) bond motifs is 1. The predicted molar refractivity (Wildman–Crippen MR) is 183 cm³/mol. The van der Waals surface area contributed by atoms with Crippen molar-refractivity contribution in [2.45, 2.75) is 52.4 Å². The molecule has 9 heteroatoms. The third-order valence-corrected chi connectivity index (χ3v) is 8.62. The Kier molecular flexibility index (Phi) is 8.49. The molecular formula is C37H40N6O3. The van der Waals surface area contributed by atoms with E-state index >= 15 is 0 Å². The van der Waals surface area contributed by atoms with E-state index in [1.807, 2.05) is 90.7 Å². The number of carbonyl (C=O) groups excluding carboxylic acids is 2. The Bertz CT molecular complexity index is 1930. The van der Waals surface area contributed by atoms with Crippen LogP contribution in [0.15, 0.2) is 89.7 Å². The summed E-state index contributed by atoms with van der Waals surface area (Å²) in [7, 11) is 0. The number of benzene rings is 3. The van der Waals surface area contributed by atoms with Crippen LogP contribution in [0.1, 0.15) is 60.8 Å². The van der Waals surface area contributed by atoms with Crippen molar-refractivity contribution < 1.29 is 9.59 Å². The zero-order chi connectivity index (χ0) is 32.4. The molecule has 0 bridgehead atoms. The summed E-state index contributed by atoms with van der Waals surface area (Å²) in [6.07, 6.45) is 2.68. The Morgan fingerprint density at radius 1 is 0.913 bits per heavy atom. The molecule has 3 aromatic carbocycles. The van der Waals surface area contributed by atoms with Crippen molar-refractivity contribution in [3.8, 4) is 5.69 Å². The first kappa shape index (κ1) is 30.8. The van der Waals surface area contributed by atoms with E-state index in [2.05, 4.69) is 36.4 Å². The number of amides is 3. The van der Waals surface area contributed by atoms with Gasteiger partial charge in [0.25, 0.3) is 5.91 Å². The number of nitrogens with one attached hydrogen (secondary N) is 3. The largest absolute Gasteiger partial charge is 0.339 e. The predicted octanol–water partition coefficient (Wildman–Crippen LogP) is 7.06. The fourth-order valence-corrected chi connectivity index (χ4v) is 5.95. The van der Waals surface area contributed by atoms with Gasteiger partial charge in [-0.05, 0) is 68.0 Å². The molecule has 0 saturated carbocycles. The lowest BCUT2D eigenvalue weighted by Crippen LogP contribution is -2.39. The zero-order valence-electron chi connectivity index (χ0n) is 26.8. The molecule has 3 N–H and O–H groups in total. The van der Waals surface area contributed by atoms with Crippen molar-refractivity contribution >= 4 is 34.3 Å². The van der Waals surface area contributed by atoms with Crippen LogP contribution in [-0.4, -0.2) is 44.7 Å². The number of aromatic nitrogens is 3. The van der Waals surface area contributed by atoms with Crippen LogP contribution in [0.5, 0.6) is 0 Å². The lowest BCUT2D eigenvalue weighted by Gasteiger charge is -2.32. The average molecular weight is 617 g/mol. The fraction of sp³-hybridized carbons (Fsp3) is 0.297. The first-order valence-electron chi connectivity index (χ1n) is 15.8. The molecule has 0 unspecified atom stereocenters. The second-order valence-electron chi connectivity index (χ2n) is 13.2. The molecule has 236 valence electrons. The molecule has 1 saturated heterocycles. The van der Waals surface area contributed by atoms with Gasteiger partial charge in [0.05, 0.1) is 16.9 Å². The number of nitrogens with zero attached hydrogens (tertiary/aromatic N) is 3. The lowest BCUT2D eigenvalue weighted by atomic mass is 9.90. The molecule has 1 aliphatic rings. The number of likely N-dealkylation sites (tertiary alicyclic amines) is 1. The molecule has 0 radical (unpaired) electrons. The van der Waals surface area contributed by atoms with Crippen LogP contribution < -0.4 is 16.2 Å². The first-order chi connectivity index (χ1) is 22.0. The van der Waals surface area contributed by atoms with Gasteiger partial charge in [-0.25, -0.2) is 9.48 Å². The number of carbonyl (C=O) groups is 2. The summed E-state index contributed by atoms with van der Waals surface area (Å²) >= 11 is 0. The Balaban J connectivity index is 1.05. The molecule has 0 spiro atoms. The molecule has 1 aliphatic heterocycles. The standard InChI is InChI=1S/C37H40N6O3/c1-24-9-15-28(16-10-24)43-33(23-32(41-43)37(2,3)4)40-36(46)38-27-13-11-25(12-14-27)21-26-17-19-42(20-18-26)35(45)30-22-34(44)39-31-8-6-5-7-29(30)31/h5-16,22-23,26H,17-21H2,1-4H3,(H,39,44)(H2,38,40,46). The van der Waals surface area contributed by atoms with Gasteiger partial charge < -0.3 is 15.2 Å². The highest BCUT2D eigenvalue weighted by Gasteiger charge is 2.26. The van der Waals surface area contributed by atoms with Gasteiger partial charge in [0.1, 0.15) is 5.82 Å². The lowest BCUT2D eigenvalue weighted by molar-refractivity contribution is 0.0692. The highest BCUT2D eigenvalue weighted by atomic mass is 16.2. The van der Waals surface area contributed by atoms with Crippen LogP contribution in [0.4, 0.5) is 16.3 Å². The second-order valence-corrected chi connectivity index (χ2v) is 13.2. The molecule has 0 atom stereocenters.